The lowest BCUT2D eigenvalue weighted by Gasteiger charge is -2.29. The number of hydrogen-bond donors (Lipinski definition) is 2. The zero-order valence-electron chi connectivity index (χ0n) is 16.4. The summed E-state index contributed by atoms with van der Waals surface area (Å²) in [6, 6.07) is 12.6. The van der Waals surface area contributed by atoms with Gasteiger partial charge in [-0.2, -0.15) is 5.43 Å². The largest absolute Gasteiger partial charge is 0.340 e. The van der Waals surface area contributed by atoms with Crippen molar-refractivity contribution in [2.24, 2.45) is 0 Å². The summed E-state index contributed by atoms with van der Waals surface area (Å²) < 4.78 is 0.900. The van der Waals surface area contributed by atoms with E-state index in [2.05, 4.69) is 26.7 Å². The number of nitrogens with one attached hydrogen (secondary N) is 2. The maximum absolute atomic E-state index is 12.9. The van der Waals surface area contributed by atoms with Crippen molar-refractivity contribution in [3.05, 3.63) is 70.5 Å². The summed E-state index contributed by atoms with van der Waals surface area (Å²) in [5, 5.41) is 3.97. The highest BCUT2D eigenvalue weighted by atomic mass is 79.9. The third-order valence-electron chi connectivity index (χ3n) is 4.93. The van der Waals surface area contributed by atoms with E-state index in [1.54, 1.807) is 18.3 Å². The van der Waals surface area contributed by atoms with Crippen molar-refractivity contribution in [3.8, 4) is 0 Å². The number of hydrazine groups is 1. The van der Waals surface area contributed by atoms with E-state index < -0.39 is 12.2 Å². The maximum atomic E-state index is 12.9. The van der Waals surface area contributed by atoms with Crippen molar-refractivity contribution in [2.45, 2.75) is 20.0 Å². The fourth-order valence-corrected chi connectivity index (χ4v) is 3.58. The number of rotatable bonds is 4. The Bertz CT molecular complexity index is 1050. The number of benzene rings is 2. The first-order valence-corrected chi connectivity index (χ1v) is 10.1. The van der Waals surface area contributed by atoms with Crippen LogP contribution in [0, 0.1) is 13.8 Å². The molecule has 1 saturated heterocycles. The van der Waals surface area contributed by atoms with Crippen molar-refractivity contribution in [2.75, 3.05) is 16.8 Å². The van der Waals surface area contributed by atoms with E-state index in [9.17, 15) is 14.4 Å². The summed E-state index contributed by atoms with van der Waals surface area (Å²) >= 11 is 3.37. The molecule has 9 heteroatoms. The van der Waals surface area contributed by atoms with Crippen LogP contribution in [-0.2, 0) is 9.59 Å². The Morgan fingerprint density at radius 1 is 1.10 bits per heavy atom. The van der Waals surface area contributed by atoms with Crippen LogP contribution in [0.15, 0.2) is 59.3 Å². The number of halogens is 1. The molecule has 2 aliphatic heterocycles. The van der Waals surface area contributed by atoms with E-state index in [0.29, 0.717) is 11.4 Å². The van der Waals surface area contributed by atoms with Crippen LogP contribution < -0.4 is 15.6 Å². The molecule has 2 heterocycles. The molecule has 4 amide bonds. The Morgan fingerprint density at radius 3 is 2.57 bits per heavy atom. The van der Waals surface area contributed by atoms with Gasteiger partial charge in [-0.05, 0) is 55.3 Å². The second-order valence-electron chi connectivity index (χ2n) is 7.16. The maximum Gasteiger partial charge on any atom is 0.340 e. The van der Waals surface area contributed by atoms with Crippen LogP contribution in [0.2, 0.25) is 0 Å². The smallest absolute Gasteiger partial charge is 0.324 e. The third-order valence-corrected chi connectivity index (χ3v) is 5.46. The quantitative estimate of drug-likeness (QED) is 0.720. The van der Waals surface area contributed by atoms with E-state index in [-0.39, 0.29) is 18.4 Å². The second-order valence-corrected chi connectivity index (χ2v) is 8.07. The van der Waals surface area contributed by atoms with E-state index in [1.165, 1.54) is 16.0 Å². The number of nitrogens with zero attached hydrogens (tertiary/aromatic N) is 3. The summed E-state index contributed by atoms with van der Waals surface area (Å²) in [4.78, 5) is 40.8. The van der Waals surface area contributed by atoms with Crippen LogP contribution in [0.5, 0.6) is 0 Å². The molecule has 0 aromatic heterocycles. The zero-order valence-corrected chi connectivity index (χ0v) is 18.0. The van der Waals surface area contributed by atoms with Crippen LogP contribution >= 0.6 is 15.9 Å². The molecule has 0 aliphatic carbocycles. The molecule has 2 aliphatic rings. The van der Waals surface area contributed by atoms with Gasteiger partial charge < -0.3 is 5.32 Å². The van der Waals surface area contributed by atoms with Crippen LogP contribution in [0.25, 0.3) is 0 Å². The molecule has 0 radical (unpaired) electrons. The lowest BCUT2D eigenvalue weighted by atomic mass is 10.1. The van der Waals surface area contributed by atoms with Gasteiger partial charge in [0.2, 0.25) is 5.91 Å². The van der Waals surface area contributed by atoms with Gasteiger partial charge >= 0.3 is 6.03 Å². The van der Waals surface area contributed by atoms with E-state index in [1.807, 2.05) is 44.2 Å². The summed E-state index contributed by atoms with van der Waals surface area (Å²) in [5.74, 6) is -0.670. The molecule has 154 valence electrons. The fourth-order valence-electron chi connectivity index (χ4n) is 3.31. The van der Waals surface area contributed by atoms with Crippen LogP contribution in [-0.4, -0.2) is 40.5 Å². The summed E-state index contributed by atoms with van der Waals surface area (Å²) in [6.07, 6.45) is 2.17. The monoisotopic (exact) mass is 469 g/mol. The number of amides is 4. The van der Waals surface area contributed by atoms with E-state index >= 15 is 0 Å². The van der Waals surface area contributed by atoms with Crippen LogP contribution in [0.1, 0.15) is 11.1 Å². The minimum atomic E-state index is -0.903. The molecule has 2 N–H and O–H groups in total. The Balaban J connectivity index is 1.45. The number of anilines is 2. The Labute approximate surface area is 182 Å². The van der Waals surface area contributed by atoms with Gasteiger partial charge in [-0.1, -0.05) is 28.1 Å². The van der Waals surface area contributed by atoms with Crippen LogP contribution in [0.3, 0.4) is 0 Å². The minimum Gasteiger partial charge on any atom is -0.324 e. The van der Waals surface area contributed by atoms with Crippen molar-refractivity contribution in [1.82, 2.24) is 15.3 Å². The number of fused-ring (bicyclic) bond motifs is 1. The molecular formula is C21H20BrN5O3. The average Bonchev–Trinajstić information content (AvgIpc) is 3.02. The molecule has 2 aromatic carbocycles. The molecule has 1 fully saturated rings. The van der Waals surface area contributed by atoms with Crippen molar-refractivity contribution < 1.29 is 14.4 Å². The van der Waals surface area contributed by atoms with Gasteiger partial charge in [0, 0.05) is 28.2 Å². The van der Waals surface area contributed by atoms with Gasteiger partial charge in [0.05, 0.1) is 0 Å². The fraction of sp³-hybridized carbons (Fsp3) is 0.190. The molecule has 8 nitrogen and oxygen atoms in total. The Hall–Kier alpha value is -3.17. The number of carbonyl (C=O) groups excluding carboxylic acids is 3. The SMILES string of the molecule is Cc1ccc(C)c(NC(=O)CN2NC3C(=O)N(c4ccc(Br)cc4)C=CN3C2=O)c1. The topological polar surface area (TPSA) is 85.0 Å². The lowest BCUT2D eigenvalue weighted by Crippen LogP contribution is -2.52. The van der Waals surface area contributed by atoms with Gasteiger partial charge in [0.25, 0.3) is 5.91 Å². The summed E-state index contributed by atoms with van der Waals surface area (Å²) in [7, 11) is 0. The van der Waals surface area contributed by atoms with Crippen molar-refractivity contribution in [3.63, 3.8) is 0 Å². The van der Waals surface area contributed by atoms with Gasteiger partial charge in [-0.15, -0.1) is 0 Å². The highest BCUT2D eigenvalue weighted by molar-refractivity contribution is 9.10. The number of aryl methyl sites for hydroxylation is 2. The van der Waals surface area contributed by atoms with E-state index in [4.69, 9.17) is 0 Å². The standard InChI is InChI=1S/C21H20BrN5O3/c1-13-3-4-14(2)17(11-13)23-18(28)12-27-21(30)26-10-9-25(20(29)19(26)24-27)16-7-5-15(22)6-8-16/h3-11,19,24H,12H2,1-2H3,(H,23,28). The van der Waals surface area contributed by atoms with Gasteiger partial charge in [-0.25, -0.2) is 9.80 Å². The normalized spacial score (nSPS) is 18.1. The molecule has 1 atom stereocenters. The molecule has 0 bridgehead atoms. The number of carbonyl (C=O) groups is 3. The molecular weight excluding hydrogens is 450 g/mol. The van der Waals surface area contributed by atoms with E-state index in [0.717, 1.165) is 20.6 Å². The summed E-state index contributed by atoms with van der Waals surface area (Å²) in [6.45, 7) is 3.61. The minimum absolute atomic E-state index is 0.224. The predicted molar refractivity (Wildman–Crippen MR) is 116 cm³/mol. The van der Waals surface area contributed by atoms with Gasteiger partial charge in [-0.3, -0.25) is 19.4 Å². The molecule has 0 saturated carbocycles. The highest BCUT2D eigenvalue weighted by Crippen LogP contribution is 2.25. The molecule has 2 aromatic rings. The Kier molecular flexibility index (Phi) is 5.31. The summed E-state index contributed by atoms with van der Waals surface area (Å²) in [5.41, 5.74) is 6.17. The van der Waals surface area contributed by atoms with Gasteiger partial charge in [0.1, 0.15) is 6.54 Å². The van der Waals surface area contributed by atoms with Crippen LogP contribution in [0.4, 0.5) is 16.2 Å². The van der Waals surface area contributed by atoms with Gasteiger partial charge in [0.15, 0.2) is 6.17 Å². The number of urea groups is 1. The first-order chi connectivity index (χ1) is 14.3. The zero-order chi connectivity index (χ0) is 21.4. The number of hydrogen-bond acceptors (Lipinski definition) is 4. The first kappa shape index (κ1) is 20.1. The molecule has 30 heavy (non-hydrogen) atoms. The molecule has 1 unspecified atom stereocenters. The molecule has 0 spiro atoms. The second kappa shape index (κ2) is 7.92. The highest BCUT2D eigenvalue weighted by Gasteiger charge is 2.44. The molecule has 4 rings (SSSR count). The van der Waals surface area contributed by atoms with Crippen molar-refractivity contribution >= 4 is 45.2 Å². The first-order valence-electron chi connectivity index (χ1n) is 9.33. The lowest BCUT2D eigenvalue weighted by molar-refractivity contribution is -0.123. The van der Waals surface area contributed by atoms with Crippen molar-refractivity contribution in [1.29, 1.82) is 0 Å². The Morgan fingerprint density at radius 2 is 1.83 bits per heavy atom. The predicted octanol–water partition coefficient (Wildman–Crippen LogP) is 3.09. The third kappa shape index (κ3) is 3.81. The average molecular weight is 470 g/mol.